The SMILES string of the molecule is c1ccc(-c2ccc(-c3ccc(-c4nc(-c5ccccc5)nc(-c5ccc(-n6c7ccccc7c7c8ccccc8nc(-c8ccccc8)c76)cc5)n4)cc3)cc2)cc1. The molecule has 0 bridgehead atoms. The lowest BCUT2D eigenvalue weighted by Crippen LogP contribution is -2.01. The number of fused-ring (bicyclic) bond motifs is 5. The number of para-hydroxylation sites is 2. The third kappa shape index (κ3) is 6.22. The highest BCUT2D eigenvalue weighted by Gasteiger charge is 2.21. The summed E-state index contributed by atoms with van der Waals surface area (Å²) < 4.78 is 2.35. The summed E-state index contributed by atoms with van der Waals surface area (Å²) in [5.74, 6) is 1.86. The molecule has 3 aromatic heterocycles. The summed E-state index contributed by atoms with van der Waals surface area (Å²) in [6, 6.07) is 73.9. The van der Waals surface area contributed by atoms with Crippen LogP contribution in [0.15, 0.2) is 212 Å². The number of hydrogen-bond acceptors (Lipinski definition) is 4. The molecule has 0 radical (unpaired) electrons. The van der Waals surface area contributed by atoms with Gasteiger partial charge in [-0.3, -0.25) is 0 Å². The first-order valence-electron chi connectivity index (χ1n) is 19.8. The summed E-state index contributed by atoms with van der Waals surface area (Å²) in [5, 5.41) is 3.51. The van der Waals surface area contributed by atoms with Crippen LogP contribution in [0.3, 0.4) is 0 Å². The second-order valence-electron chi connectivity index (χ2n) is 14.7. The van der Waals surface area contributed by atoms with E-state index < -0.39 is 0 Å². The Kier molecular flexibility index (Phi) is 8.41. The first-order chi connectivity index (χ1) is 29.2. The summed E-state index contributed by atoms with van der Waals surface area (Å²) in [7, 11) is 0. The van der Waals surface area contributed by atoms with Crippen LogP contribution in [0.1, 0.15) is 0 Å². The third-order valence-corrected chi connectivity index (χ3v) is 11.1. The molecule has 0 N–H and O–H groups in total. The number of benzene rings is 8. The molecule has 0 saturated carbocycles. The van der Waals surface area contributed by atoms with E-state index in [-0.39, 0.29) is 0 Å². The van der Waals surface area contributed by atoms with E-state index >= 15 is 0 Å². The maximum absolute atomic E-state index is 5.29. The van der Waals surface area contributed by atoms with Crippen molar-refractivity contribution < 1.29 is 0 Å². The lowest BCUT2D eigenvalue weighted by atomic mass is 9.99. The number of rotatable bonds is 7. The zero-order valence-corrected chi connectivity index (χ0v) is 31.9. The van der Waals surface area contributed by atoms with E-state index in [0.29, 0.717) is 17.5 Å². The number of nitrogens with zero attached hydrogens (tertiary/aromatic N) is 5. The molecule has 5 heteroatoms. The Labute approximate surface area is 341 Å². The molecule has 0 aliphatic carbocycles. The fraction of sp³-hybridized carbons (Fsp3) is 0. The normalized spacial score (nSPS) is 11.4. The van der Waals surface area contributed by atoms with Crippen molar-refractivity contribution in [3.05, 3.63) is 212 Å². The number of hydrogen-bond donors (Lipinski definition) is 0. The van der Waals surface area contributed by atoms with Gasteiger partial charge in [0, 0.05) is 44.1 Å². The van der Waals surface area contributed by atoms with Crippen molar-refractivity contribution in [3.8, 4) is 73.4 Å². The molecule has 0 amide bonds. The van der Waals surface area contributed by atoms with Gasteiger partial charge in [-0.2, -0.15) is 0 Å². The van der Waals surface area contributed by atoms with E-state index in [1.165, 1.54) is 21.9 Å². The highest BCUT2D eigenvalue weighted by Crippen LogP contribution is 2.41. The van der Waals surface area contributed by atoms with Gasteiger partial charge in [-0.25, -0.2) is 19.9 Å². The van der Waals surface area contributed by atoms with Crippen LogP contribution in [0.25, 0.3) is 106 Å². The monoisotopic (exact) mass is 753 g/mol. The van der Waals surface area contributed by atoms with E-state index in [9.17, 15) is 0 Å². The Morgan fingerprint density at radius 1 is 0.288 bits per heavy atom. The Balaban J connectivity index is 1.01. The molecule has 11 rings (SSSR count). The maximum Gasteiger partial charge on any atom is 0.164 e. The predicted molar refractivity (Wildman–Crippen MR) is 242 cm³/mol. The van der Waals surface area contributed by atoms with Crippen molar-refractivity contribution in [3.63, 3.8) is 0 Å². The first kappa shape index (κ1) is 34.2. The van der Waals surface area contributed by atoms with Crippen LogP contribution in [0.4, 0.5) is 0 Å². The van der Waals surface area contributed by atoms with Gasteiger partial charge in [0.15, 0.2) is 17.5 Å². The maximum atomic E-state index is 5.29. The molecule has 0 spiro atoms. The summed E-state index contributed by atoms with van der Waals surface area (Å²) in [6.07, 6.45) is 0. The van der Waals surface area contributed by atoms with E-state index in [1.807, 2.05) is 42.5 Å². The first-order valence-corrected chi connectivity index (χ1v) is 19.8. The molecule has 3 heterocycles. The number of aromatic nitrogens is 5. The fourth-order valence-electron chi connectivity index (χ4n) is 8.17. The molecule has 59 heavy (non-hydrogen) atoms. The Hall–Kier alpha value is -8.02. The molecule has 11 aromatic rings. The fourth-order valence-corrected chi connectivity index (χ4v) is 8.17. The van der Waals surface area contributed by atoms with Gasteiger partial charge in [0.1, 0.15) is 0 Å². The molecule has 0 aliphatic heterocycles. The molecule has 0 atom stereocenters. The lowest BCUT2D eigenvalue weighted by Gasteiger charge is -2.13. The zero-order valence-electron chi connectivity index (χ0n) is 31.9. The number of pyridine rings is 1. The van der Waals surface area contributed by atoms with Crippen molar-refractivity contribution in [1.82, 2.24) is 24.5 Å². The lowest BCUT2D eigenvalue weighted by molar-refractivity contribution is 1.07. The second-order valence-corrected chi connectivity index (χ2v) is 14.7. The summed E-state index contributed by atoms with van der Waals surface area (Å²) in [4.78, 5) is 20.4. The van der Waals surface area contributed by atoms with Crippen molar-refractivity contribution >= 4 is 32.7 Å². The largest absolute Gasteiger partial charge is 0.307 e. The molecule has 0 aliphatic rings. The van der Waals surface area contributed by atoms with E-state index in [0.717, 1.165) is 66.7 Å². The van der Waals surface area contributed by atoms with Crippen molar-refractivity contribution in [2.75, 3.05) is 0 Å². The quantitative estimate of drug-likeness (QED) is 0.163. The van der Waals surface area contributed by atoms with Gasteiger partial charge in [-0.05, 0) is 58.7 Å². The van der Waals surface area contributed by atoms with Crippen LogP contribution in [-0.4, -0.2) is 24.5 Å². The Morgan fingerprint density at radius 3 is 1.24 bits per heavy atom. The average Bonchev–Trinajstić information content (AvgIpc) is 3.68. The van der Waals surface area contributed by atoms with Crippen molar-refractivity contribution in [1.29, 1.82) is 0 Å². The van der Waals surface area contributed by atoms with Crippen LogP contribution < -0.4 is 0 Å². The molecular formula is C54H35N5. The minimum atomic E-state index is 0.612. The van der Waals surface area contributed by atoms with E-state index in [1.54, 1.807) is 0 Å². The van der Waals surface area contributed by atoms with E-state index in [4.69, 9.17) is 19.9 Å². The second kappa shape index (κ2) is 14.5. The summed E-state index contributed by atoms with van der Waals surface area (Å²) in [6.45, 7) is 0. The standard InChI is InChI=1S/C54H35N5/c1-4-14-36(15-5-1)37-24-26-38(27-25-37)39-28-30-42(31-29-39)53-56-52(41-18-8-3-9-19-41)57-54(58-53)43-32-34-44(35-33-43)59-48-23-13-11-21-46(48)49-45-20-10-12-22-47(45)55-50(51(49)59)40-16-6-2-7-17-40/h1-35H. The molecule has 8 aromatic carbocycles. The van der Waals surface area contributed by atoms with Crippen molar-refractivity contribution in [2.45, 2.75) is 0 Å². The third-order valence-electron chi connectivity index (χ3n) is 11.1. The topological polar surface area (TPSA) is 56.5 Å². The molecule has 0 saturated heterocycles. The highest BCUT2D eigenvalue weighted by atomic mass is 15.0. The smallest absolute Gasteiger partial charge is 0.164 e. The van der Waals surface area contributed by atoms with Gasteiger partial charge in [-0.1, -0.05) is 176 Å². The minimum absolute atomic E-state index is 0.612. The van der Waals surface area contributed by atoms with Gasteiger partial charge in [0.25, 0.3) is 0 Å². The van der Waals surface area contributed by atoms with Gasteiger partial charge in [-0.15, -0.1) is 0 Å². The van der Waals surface area contributed by atoms with Crippen molar-refractivity contribution in [2.24, 2.45) is 0 Å². The van der Waals surface area contributed by atoms with Gasteiger partial charge >= 0.3 is 0 Å². The van der Waals surface area contributed by atoms with Gasteiger partial charge < -0.3 is 4.57 Å². The minimum Gasteiger partial charge on any atom is -0.307 e. The van der Waals surface area contributed by atoms with E-state index in [2.05, 4.69) is 174 Å². The van der Waals surface area contributed by atoms with Crippen LogP contribution in [0.2, 0.25) is 0 Å². The molecule has 0 fully saturated rings. The van der Waals surface area contributed by atoms with Gasteiger partial charge in [0.05, 0.1) is 22.2 Å². The average molecular weight is 754 g/mol. The van der Waals surface area contributed by atoms with Crippen LogP contribution in [0.5, 0.6) is 0 Å². The van der Waals surface area contributed by atoms with Crippen LogP contribution in [-0.2, 0) is 0 Å². The molecule has 5 nitrogen and oxygen atoms in total. The summed E-state index contributed by atoms with van der Waals surface area (Å²) in [5.41, 5.74) is 13.7. The van der Waals surface area contributed by atoms with Crippen LogP contribution >= 0.6 is 0 Å². The highest BCUT2D eigenvalue weighted by molar-refractivity contribution is 6.23. The predicted octanol–water partition coefficient (Wildman–Crippen LogP) is 13.5. The molecule has 276 valence electrons. The van der Waals surface area contributed by atoms with Crippen LogP contribution in [0, 0.1) is 0 Å². The Bertz CT molecular complexity index is 3270. The Morgan fingerprint density at radius 2 is 0.678 bits per heavy atom. The molecular weight excluding hydrogens is 719 g/mol. The zero-order chi connectivity index (χ0) is 39.1. The summed E-state index contributed by atoms with van der Waals surface area (Å²) >= 11 is 0. The van der Waals surface area contributed by atoms with Gasteiger partial charge in [0.2, 0.25) is 0 Å². The molecule has 0 unspecified atom stereocenters.